The van der Waals surface area contributed by atoms with Crippen LogP contribution >= 0.6 is 23.1 Å². The molecule has 6 nitrogen and oxygen atoms in total. The Morgan fingerprint density at radius 3 is 2.59 bits per heavy atom. The molecule has 29 heavy (non-hydrogen) atoms. The first-order valence-electron chi connectivity index (χ1n) is 9.24. The number of nitrogens with one attached hydrogen (secondary N) is 1. The Morgan fingerprint density at radius 2 is 1.86 bits per heavy atom. The number of ether oxygens (including phenoxy) is 1. The van der Waals surface area contributed by atoms with Gasteiger partial charge < -0.3 is 10.1 Å². The molecule has 2 heterocycles. The molecule has 1 amide bonds. The van der Waals surface area contributed by atoms with Crippen LogP contribution in [0.4, 0.5) is 5.13 Å². The zero-order chi connectivity index (χ0) is 21.1. The van der Waals surface area contributed by atoms with E-state index in [0.29, 0.717) is 22.3 Å². The maximum absolute atomic E-state index is 12.4. The standard InChI is InChI=1S/C21H23N3O3S2/c1-6-27-20(26)18-14(5)22-21(29-18)24-17(25)10-28-19-13(4)9-15-12(3)7-11(2)8-16(15)23-19/h7-9H,6,10H2,1-5H3,(H,22,24,25). The largest absolute Gasteiger partial charge is 0.462 e. The van der Waals surface area contributed by atoms with E-state index < -0.39 is 5.97 Å². The van der Waals surface area contributed by atoms with Crippen LogP contribution in [0.2, 0.25) is 0 Å². The molecule has 1 N–H and O–H groups in total. The second-order valence-corrected chi connectivity index (χ2v) is 8.71. The van der Waals surface area contributed by atoms with E-state index in [0.717, 1.165) is 38.4 Å². The van der Waals surface area contributed by atoms with E-state index in [-0.39, 0.29) is 11.7 Å². The maximum Gasteiger partial charge on any atom is 0.350 e. The van der Waals surface area contributed by atoms with Crippen molar-refractivity contribution < 1.29 is 14.3 Å². The average Bonchev–Trinajstić information content (AvgIpc) is 3.01. The number of nitrogens with zero attached hydrogens (tertiary/aromatic N) is 2. The highest BCUT2D eigenvalue weighted by atomic mass is 32.2. The molecule has 0 bridgehead atoms. The molecule has 0 radical (unpaired) electrons. The van der Waals surface area contributed by atoms with Gasteiger partial charge in [-0.15, -0.1) is 0 Å². The van der Waals surface area contributed by atoms with Gasteiger partial charge in [0.1, 0.15) is 9.90 Å². The summed E-state index contributed by atoms with van der Waals surface area (Å²) in [5.41, 5.74) is 4.88. The number of thiazole rings is 1. The predicted octanol–water partition coefficient (Wildman–Crippen LogP) is 4.83. The Kier molecular flexibility index (Phi) is 6.54. The number of rotatable bonds is 6. The summed E-state index contributed by atoms with van der Waals surface area (Å²) in [5, 5.41) is 5.12. The first-order valence-corrected chi connectivity index (χ1v) is 11.0. The lowest BCUT2D eigenvalue weighted by Gasteiger charge is -2.09. The second kappa shape index (κ2) is 8.92. The molecule has 0 unspecified atom stereocenters. The van der Waals surface area contributed by atoms with Gasteiger partial charge in [0.25, 0.3) is 0 Å². The minimum absolute atomic E-state index is 0.194. The number of amides is 1. The van der Waals surface area contributed by atoms with Crippen molar-refractivity contribution in [1.29, 1.82) is 0 Å². The minimum atomic E-state index is -0.418. The molecule has 0 fully saturated rings. The lowest BCUT2D eigenvalue weighted by Crippen LogP contribution is -2.14. The summed E-state index contributed by atoms with van der Waals surface area (Å²) in [7, 11) is 0. The number of benzene rings is 1. The third-order valence-corrected chi connectivity index (χ3v) is 6.42. The molecule has 0 aliphatic heterocycles. The zero-order valence-electron chi connectivity index (χ0n) is 17.1. The molecule has 0 saturated heterocycles. The summed E-state index contributed by atoms with van der Waals surface area (Å²) in [6, 6.07) is 6.32. The number of pyridine rings is 1. The topological polar surface area (TPSA) is 81.2 Å². The molecule has 0 aliphatic rings. The fourth-order valence-electron chi connectivity index (χ4n) is 2.98. The van der Waals surface area contributed by atoms with E-state index in [1.54, 1.807) is 13.8 Å². The number of carbonyl (C=O) groups is 2. The number of aryl methyl sites for hydroxylation is 4. The molecular formula is C21H23N3O3S2. The lowest BCUT2D eigenvalue weighted by molar-refractivity contribution is -0.113. The molecule has 3 rings (SSSR count). The molecule has 8 heteroatoms. The summed E-state index contributed by atoms with van der Waals surface area (Å²) in [6.07, 6.45) is 0. The molecule has 3 aromatic rings. The van der Waals surface area contributed by atoms with Crippen molar-refractivity contribution in [2.45, 2.75) is 39.6 Å². The van der Waals surface area contributed by atoms with Crippen LogP contribution in [-0.4, -0.2) is 34.2 Å². The van der Waals surface area contributed by atoms with Gasteiger partial charge in [0.15, 0.2) is 5.13 Å². The van der Waals surface area contributed by atoms with Crippen molar-refractivity contribution in [1.82, 2.24) is 9.97 Å². The van der Waals surface area contributed by atoms with Crippen LogP contribution in [0.25, 0.3) is 10.9 Å². The number of esters is 1. The van der Waals surface area contributed by atoms with Gasteiger partial charge in [0.05, 0.1) is 23.6 Å². The summed E-state index contributed by atoms with van der Waals surface area (Å²) in [6.45, 7) is 9.90. The molecule has 1 aromatic carbocycles. The van der Waals surface area contributed by atoms with Crippen molar-refractivity contribution in [3.05, 3.63) is 45.5 Å². The van der Waals surface area contributed by atoms with E-state index in [1.807, 2.05) is 6.92 Å². The number of anilines is 1. The molecule has 0 aliphatic carbocycles. The first-order chi connectivity index (χ1) is 13.8. The third kappa shape index (κ3) is 4.94. The van der Waals surface area contributed by atoms with Gasteiger partial charge in [-0.05, 0) is 63.4 Å². The average molecular weight is 430 g/mol. The fraction of sp³-hybridized carbons (Fsp3) is 0.333. The van der Waals surface area contributed by atoms with E-state index in [4.69, 9.17) is 9.72 Å². The van der Waals surface area contributed by atoms with Crippen LogP contribution in [-0.2, 0) is 9.53 Å². The summed E-state index contributed by atoms with van der Waals surface area (Å²) >= 11 is 2.51. The Balaban J connectivity index is 1.69. The summed E-state index contributed by atoms with van der Waals surface area (Å²) in [4.78, 5) is 33.7. The number of carbonyl (C=O) groups excluding carboxylic acids is 2. The first kappa shape index (κ1) is 21.3. The Bertz CT molecular complexity index is 1090. The van der Waals surface area contributed by atoms with Crippen LogP contribution in [0.15, 0.2) is 23.2 Å². The van der Waals surface area contributed by atoms with Gasteiger partial charge in [-0.25, -0.2) is 14.8 Å². The van der Waals surface area contributed by atoms with Crippen LogP contribution in [0, 0.1) is 27.7 Å². The minimum Gasteiger partial charge on any atom is -0.462 e. The number of fused-ring (bicyclic) bond motifs is 1. The molecule has 0 spiro atoms. The second-order valence-electron chi connectivity index (χ2n) is 6.75. The van der Waals surface area contributed by atoms with Crippen molar-refractivity contribution in [2.75, 3.05) is 17.7 Å². The predicted molar refractivity (Wildman–Crippen MR) is 118 cm³/mol. The SMILES string of the molecule is CCOC(=O)c1sc(NC(=O)CSc2nc3cc(C)cc(C)c3cc2C)nc1C. The Labute approximate surface area is 178 Å². The quantitative estimate of drug-likeness (QED) is 0.446. The van der Waals surface area contributed by atoms with E-state index in [1.165, 1.54) is 17.3 Å². The molecule has 0 saturated carbocycles. The molecular weight excluding hydrogens is 406 g/mol. The highest BCUT2D eigenvalue weighted by Crippen LogP contribution is 2.28. The van der Waals surface area contributed by atoms with Crippen LogP contribution in [0.1, 0.15) is 39.0 Å². The van der Waals surface area contributed by atoms with Gasteiger partial charge in [-0.2, -0.15) is 0 Å². The van der Waals surface area contributed by atoms with Crippen LogP contribution in [0.3, 0.4) is 0 Å². The fourth-order valence-corrected chi connectivity index (χ4v) is 4.65. The number of thioether (sulfide) groups is 1. The van der Waals surface area contributed by atoms with Crippen molar-refractivity contribution in [3.8, 4) is 0 Å². The summed E-state index contributed by atoms with van der Waals surface area (Å²) in [5.74, 6) is -0.405. The van der Waals surface area contributed by atoms with E-state index >= 15 is 0 Å². The van der Waals surface area contributed by atoms with Crippen molar-refractivity contribution >= 4 is 51.0 Å². The smallest absolute Gasteiger partial charge is 0.350 e. The van der Waals surface area contributed by atoms with Gasteiger partial charge >= 0.3 is 5.97 Å². The van der Waals surface area contributed by atoms with Gasteiger partial charge in [0.2, 0.25) is 5.91 Å². The zero-order valence-corrected chi connectivity index (χ0v) is 18.7. The Hall–Kier alpha value is -2.45. The van der Waals surface area contributed by atoms with Gasteiger partial charge in [-0.3, -0.25) is 4.79 Å². The van der Waals surface area contributed by atoms with Crippen LogP contribution in [0.5, 0.6) is 0 Å². The van der Waals surface area contributed by atoms with Gasteiger partial charge in [-0.1, -0.05) is 29.2 Å². The normalized spacial score (nSPS) is 10.9. The number of aromatic nitrogens is 2. The highest BCUT2D eigenvalue weighted by molar-refractivity contribution is 8.00. The molecule has 2 aromatic heterocycles. The van der Waals surface area contributed by atoms with E-state index in [9.17, 15) is 9.59 Å². The van der Waals surface area contributed by atoms with Gasteiger partial charge in [0, 0.05) is 5.39 Å². The van der Waals surface area contributed by atoms with Crippen LogP contribution < -0.4 is 5.32 Å². The molecule has 0 atom stereocenters. The third-order valence-electron chi connectivity index (χ3n) is 4.27. The number of hydrogen-bond donors (Lipinski definition) is 1. The number of hydrogen-bond acceptors (Lipinski definition) is 7. The lowest BCUT2D eigenvalue weighted by atomic mass is 10.1. The monoisotopic (exact) mass is 429 g/mol. The van der Waals surface area contributed by atoms with Crippen molar-refractivity contribution in [2.24, 2.45) is 0 Å². The summed E-state index contributed by atoms with van der Waals surface area (Å²) < 4.78 is 5.00. The van der Waals surface area contributed by atoms with Crippen molar-refractivity contribution in [3.63, 3.8) is 0 Å². The molecule has 152 valence electrons. The Morgan fingerprint density at radius 1 is 1.10 bits per heavy atom. The highest BCUT2D eigenvalue weighted by Gasteiger charge is 2.18. The maximum atomic E-state index is 12.4. The van der Waals surface area contributed by atoms with E-state index in [2.05, 4.69) is 42.3 Å².